The number of fused-ring (bicyclic) bond motifs is 2. The topological polar surface area (TPSA) is 73.8 Å². The second-order valence-corrected chi connectivity index (χ2v) is 11.0. The first-order valence-corrected chi connectivity index (χ1v) is 14.2. The number of para-hydroxylation sites is 3. The fourth-order valence-corrected chi connectivity index (χ4v) is 5.84. The summed E-state index contributed by atoms with van der Waals surface area (Å²) in [5, 5.41) is 1.64. The number of hydrogen-bond donors (Lipinski definition) is 1. The van der Waals surface area contributed by atoms with Crippen molar-refractivity contribution in [2.75, 3.05) is 19.0 Å². The molecule has 6 nitrogen and oxygen atoms in total. The summed E-state index contributed by atoms with van der Waals surface area (Å²) in [6.07, 6.45) is 0. The number of benzene rings is 5. The van der Waals surface area contributed by atoms with Crippen LogP contribution >= 0.6 is 0 Å². The van der Waals surface area contributed by atoms with Crippen molar-refractivity contribution in [2.45, 2.75) is 4.90 Å². The molecule has 0 spiro atoms. The van der Waals surface area contributed by atoms with Crippen molar-refractivity contribution in [3.8, 4) is 22.5 Å². The normalized spacial score (nSPS) is 12.5. The second kappa shape index (κ2) is 10.1. The maximum absolute atomic E-state index is 12.5. The van der Waals surface area contributed by atoms with Crippen LogP contribution in [0.3, 0.4) is 0 Å². The van der Waals surface area contributed by atoms with Gasteiger partial charge < -0.3 is 9.32 Å². The summed E-state index contributed by atoms with van der Waals surface area (Å²) >= 11 is 0. The van der Waals surface area contributed by atoms with Crippen LogP contribution in [0.25, 0.3) is 33.4 Å². The van der Waals surface area contributed by atoms with Crippen LogP contribution in [0.1, 0.15) is 0 Å². The highest BCUT2D eigenvalue weighted by Gasteiger charge is 2.25. The minimum atomic E-state index is -4.50. The highest BCUT2D eigenvalue weighted by Crippen LogP contribution is 2.45. The van der Waals surface area contributed by atoms with E-state index in [2.05, 4.69) is 4.58 Å². The molecule has 1 N–H and O–H groups in total. The molecular formula is C33H27N2O4S+. The van der Waals surface area contributed by atoms with E-state index in [1.807, 2.05) is 116 Å². The predicted molar refractivity (Wildman–Crippen MR) is 160 cm³/mol. The van der Waals surface area contributed by atoms with Gasteiger partial charge in [-0.1, -0.05) is 66.7 Å². The highest BCUT2D eigenvalue weighted by molar-refractivity contribution is 7.86. The Hall–Kier alpha value is -4.72. The van der Waals surface area contributed by atoms with Crippen molar-refractivity contribution in [1.82, 2.24) is 4.58 Å². The molecule has 4 aromatic carbocycles. The average molecular weight is 548 g/mol. The van der Waals surface area contributed by atoms with Crippen LogP contribution < -0.4 is 14.8 Å². The van der Waals surface area contributed by atoms with Gasteiger partial charge >= 0.3 is 0 Å². The third kappa shape index (κ3) is 4.55. The van der Waals surface area contributed by atoms with E-state index in [0.29, 0.717) is 22.5 Å². The number of rotatable bonds is 5. The third-order valence-electron chi connectivity index (χ3n) is 7.18. The lowest BCUT2D eigenvalue weighted by Crippen LogP contribution is -2.21. The van der Waals surface area contributed by atoms with Crippen LogP contribution in [0.4, 0.5) is 17.1 Å². The first-order chi connectivity index (χ1) is 19.3. The first-order valence-electron chi connectivity index (χ1n) is 12.8. The molecule has 0 saturated heterocycles. The Balaban J connectivity index is 1.73. The number of hydrogen-bond acceptors (Lipinski definition) is 4. The molecule has 7 heteroatoms. The van der Waals surface area contributed by atoms with Gasteiger partial charge in [0, 0.05) is 53.0 Å². The van der Waals surface area contributed by atoms with Gasteiger partial charge in [0.05, 0.1) is 11.8 Å². The summed E-state index contributed by atoms with van der Waals surface area (Å²) in [7, 11) is -0.541. The number of anilines is 2. The molecule has 198 valence electrons. The summed E-state index contributed by atoms with van der Waals surface area (Å²) < 4.78 is 43.8. The zero-order valence-corrected chi connectivity index (χ0v) is 22.8. The molecule has 6 rings (SSSR count). The monoisotopic (exact) mass is 547 g/mol. The predicted octanol–water partition coefficient (Wildman–Crippen LogP) is 6.95. The lowest BCUT2D eigenvalue weighted by molar-refractivity contribution is 0.483. The molecule has 40 heavy (non-hydrogen) atoms. The summed E-state index contributed by atoms with van der Waals surface area (Å²) in [6.45, 7) is 0. The number of nitrogens with zero attached hydrogens (tertiary/aromatic N) is 2. The van der Waals surface area contributed by atoms with E-state index in [-0.39, 0.29) is 4.90 Å². The first kappa shape index (κ1) is 25.6. The second-order valence-electron chi connectivity index (χ2n) is 9.57. The Bertz CT molecular complexity index is 2000. The largest absolute Gasteiger partial charge is 0.454 e. The van der Waals surface area contributed by atoms with Gasteiger partial charge in [0.1, 0.15) is 17.7 Å². The minimum Gasteiger partial charge on any atom is -0.454 e. The van der Waals surface area contributed by atoms with E-state index in [1.54, 1.807) is 18.2 Å². The molecule has 2 aliphatic rings. The van der Waals surface area contributed by atoms with E-state index in [1.165, 1.54) is 6.07 Å². The molecule has 4 aromatic rings. The third-order valence-corrected chi connectivity index (χ3v) is 8.09. The summed E-state index contributed by atoms with van der Waals surface area (Å²) in [6, 6.07) is 38.2. The van der Waals surface area contributed by atoms with E-state index < -0.39 is 10.1 Å². The lowest BCUT2D eigenvalue weighted by Gasteiger charge is -2.23. The lowest BCUT2D eigenvalue weighted by atomic mass is 9.93. The van der Waals surface area contributed by atoms with E-state index in [4.69, 9.17) is 4.42 Å². The quantitative estimate of drug-likeness (QED) is 0.144. The van der Waals surface area contributed by atoms with Crippen LogP contribution in [0.5, 0.6) is 0 Å². The van der Waals surface area contributed by atoms with Crippen molar-refractivity contribution >= 4 is 38.1 Å². The van der Waals surface area contributed by atoms with Crippen LogP contribution in [0, 0.1) is 0 Å². The molecule has 0 fully saturated rings. The summed E-state index contributed by atoms with van der Waals surface area (Å²) in [5.41, 5.74) is 5.21. The Morgan fingerprint density at radius 2 is 1.43 bits per heavy atom. The SMILES string of the molecule is CN(c1ccccc1)c1cccc2c(-c3ccccc3S(=O)(=O)O)c3ccc(=[N+](C)c4ccccc4)cc-3oc12. The van der Waals surface area contributed by atoms with Crippen molar-refractivity contribution in [3.63, 3.8) is 0 Å². The Kier molecular flexibility index (Phi) is 6.46. The highest BCUT2D eigenvalue weighted by atomic mass is 32.2. The zero-order chi connectivity index (χ0) is 27.9. The van der Waals surface area contributed by atoms with Gasteiger partial charge in [-0.2, -0.15) is 13.0 Å². The molecule has 1 heterocycles. The van der Waals surface area contributed by atoms with Gasteiger partial charge in [0.25, 0.3) is 10.1 Å². The summed E-state index contributed by atoms with van der Waals surface area (Å²) in [5.74, 6) is 0.585. The molecule has 0 amide bonds. The smallest absolute Gasteiger partial charge is 0.295 e. The van der Waals surface area contributed by atoms with Gasteiger partial charge in [0.2, 0.25) is 11.0 Å². The Morgan fingerprint density at radius 3 is 2.15 bits per heavy atom. The molecule has 0 aromatic heterocycles. The molecular weight excluding hydrogens is 520 g/mol. The van der Waals surface area contributed by atoms with Gasteiger partial charge in [-0.15, -0.1) is 0 Å². The summed E-state index contributed by atoms with van der Waals surface area (Å²) in [4.78, 5) is 1.88. The molecule has 1 aliphatic carbocycles. The zero-order valence-electron chi connectivity index (χ0n) is 22.0. The maximum atomic E-state index is 12.5. The molecule has 0 saturated carbocycles. The molecule has 0 unspecified atom stereocenters. The van der Waals surface area contributed by atoms with Crippen molar-refractivity contribution in [3.05, 3.63) is 127 Å². The van der Waals surface area contributed by atoms with Crippen molar-refractivity contribution in [2.24, 2.45) is 0 Å². The van der Waals surface area contributed by atoms with E-state index in [0.717, 1.165) is 33.4 Å². The van der Waals surface area contributed by atoms with Crippen LogP contribution in [0.2, 0.25) is 0 Å². The van der Waals surface area contributed by atoms with Crippen molar-refractivity contribution < 1.29 is 17.4 Å². The molecule has 0 radical (unpaired) electrons. The van der Waals surface area contributed by atoms with Crippen LogP contribution in [-0.4, -0.2) is 27.1 Å². The minimum absolute atomic E-state index is 0.156. The van der Waals surface area contributed by atoms with Crippen LogP contribution in [0.15, 0.2) is 131 Å². The average Bonchev–Trinajstić information content (AvgIpc) is 2.99. The maximum Gasteiger partial charge on any atom is 0.295 e. The van der Waals surface area contributed by atoms with Gasteiger partial charge in [-0.3, -0.25) is 4.55 Å². The van der Waals surface area contributed by atoms with E-state index >= 15 is 0 Å². The van der Waals surface area contributed by atoms with Crippen LogP contribution in [-0.2, 0) is 10.1 Å². The van der Waals surface area contributed by atoms with Gasteiger partial charge in [-0.05, 0) is 30.3 Å². The molecule has 0 bridgehead atoms. The fourth-order valence-electron chi connectivity index (χ4n) is 5.14. The van der Waals surface area contributed by atoms with E-state index in [9.17, 15) is 13.0 Å². The molecule has 1 aliphatic heterocycles. The van der Waals surface area contributed by atoms with Crippen molar-refractivity contribution in [1.29, 1.82) is 0 Å². The Labute approximate surface area is 232 Å². The van der Waals surface area contributed by atoms with Gasteiger partial charge in [0.15, 0.2) is 5.58 Å². The Morgan fingerprint density at radius 1 is 0.750 bits per heavy atom. The molecule has 0 atom stereocenters. The standard InChI is InChI=1S/C33H26N2O4S/c1-34(23-12-5-3-6-13-23)25-20-21-26-30(22-25)39-33-28(32(26)27-16-9-10-19-31(27)40(36,37)38)17-11-18-29(33)35(2)24-14-7-4-8-15-24/h3-22H,1-2H3/p+1. The fraction of sp³-hybridized carbons (Fsp3) is 0.0606. The van der Waals surface area contributed by atoms with Gasteiger partial charge in [-0.25, -0.2) is 0 Å².